The third-order valence-electron chi connectivity index (χ3n) is 6.60. The van der Waals surface area contributed by atoms with Crippen molar-refractivity contribution in [1.29, 1.82) is 0 Å². The van der Waals surface area contributed by atoms with Gasteiger partial charge in [0.2, 0.25) is 0 Å². The molecule has 9 nitrogen and oxygen atoms in total. The van der Waals surface area contributed by atoms with Gasteiger partial charge in [0, 0.05) is 41.3 Å². The summed E-state index contributed by atoms with van der Waals surface area (Å²) in [6.45, 7) is 0.228. The number of carbonyl (C=O) groups is 2. The van der Waals surface area contributed by atoms with Crippen LogP contribution in [0.15, 0.2) is 84.6 Å². The number of nitrogens with zero attached hydrogens (tertiary/aromatic N) is 2. The van der Waals surface area contributed by atoms with Gasteiger partial charge in [0.25, 0.3) is 17.4 Å². The van der Waals surface area contributed by atoms with Gasteiger partial charge >= 0.3 is 0 Å². The fourth-order valence-corrected chi connectivity index (χ4v) is 4.72. The molecule has 0 aliphatic carbocycles. The molecular formula is C28H23N3O6. The molecular weight excluding hydrogens is 474 g/mol. The maximum Gasteiger partial charge on any atom is 0.295 e. The number of methoxy groups -OCH3 is 1. The predicted octanol–water partition coefficient (Wildman–Crippen LogP) is 4.75. The SMILES string of the molecule is COc1ccc2[nH]cc(CCN3C(=O)C(=O)C(=C(O)c4ccc([N+](=O)[O-])cc4)[C@@H]3c3ccccc3)c2c1. The Balaban J connectivity index is 1.53. The van der Waals surface area contributed by atoms with Gasteiger partial charge in [-0.2, -0.15) is 0 Å². The molecule has 1 aliphatic heterocycles. The molecule has 1 saturated heterocycles. The van der Waals surface area contributed by atoms with Crippen LogP contribution in [0.25, 0.3) is 16.7 Å². The summed E-state index contributed by atoms with van der Waals surface area (Å²) in [5, 5.41) is 23.1. The number of H-pyrrole nitrogens is 1. The summed E-state index contributed by atoms with van der Waals surface area (Å²) < 4.78 is 5.34. The van der Waals surface area contributed by atoms with E-state index in [0.29, 0.717) is 17.7 Å². The lowest BCUT2D eigenvalue weighted by atomic mass is 9.95. The molecule has 2 N–H and O–H groups in total. The number of Topliss-reactive ketones (excluding diaryl/α,β-unsaturated/α-hetero) is 1. The lowest BCUT2D eigenvalue weighted by Gasteiger charge is -2.25. The number of non-ortho nitro benzene ring substituents is 1. The second-order valence-electron chi connectivity index (χ2n) is 8.68. The van der Waals surface area contributed by atoms with Crippen LogP contribution in [0.2, 0.25) is 0 Å². The number of hydrogen-bond donors (Lipinski definition) is 2. The number of likely N-dealkylation sites (tertiary alicyclic amines) is 1. The van der Waals surface area contributed by atoms with Crippen molar-refractivity contribution >= 4 is 34.0 Å². The van der Waals surface area contributed by atoms with E-state index < -0.39 is 22.7 Å². The molecule has 186 valence electrons. The Morgan fingerprint density at radius 1 is 1.08 bits per heavy atom. The predicted molar refractivity (Wildman–Crippen MR) is 137 cm³/mol. The van der Waals surface area contributed by atoms with Crippen molar-refractivity contribution in [2.45, 2.75) is 12.5 Å². The van der Waals surface area contributed by atoms with Crippen molar-refractivity contribution in [3.63, 3.8) is 0 Å². The van der Waals surface area contributed by atoms with Gasteiger partial charge in [-0.3, -0.25) is 19.7 Å². The van der Waals surface area contributed by atoms with Crippen LogP contribution in [0.5, 0.6) is 5.75 Å². The Morgan fingerprint density at radius 3 is 2.49 bits per heavy atom. The Bertz CT molecular complexity index is 1540. The van der Waals surface area contributed by atoms with Gasteiger partial charge in [-0.15, -0.1) is 0 Å². The number of aliphatic hydroxyl groups excluding tert-OH is 1. The first-order valence-corrected chi connectivity index (χ1v) is 11.6. The number of amides is 1. The van der Waals surface area contributed by atoms with E-state index in [1.54, 1.807) is 31.4 Å². The number of nitro benzene ring substituents is 1. The Kier molecular flexibility index (Phi) is 6.19. The lowest BCUT2D eigenvalue weighted by molar-refractivity contribution is -0.384. The second kappa shape index (κ2) is 9.62. The molecule has 2 heterocycles. The number of aromatic amines is 1. The zero-order chi connectivity index (χ0) is 26.1. The van der Waals surface area contributed by atoms with Crippen LogP contribution in [0.1, 0.15) is 22.7 Å². The molecule has 9 heteroatoms. The molecule has 3 aromatic carbocycles. The number of hydrogen-bond acceptors (Lipinski definition) is 6. The highest BCUT2D eigenvalue weighted by Gasteiger charge is 2.45. The molecule has 0 spiro atoms. The Morgan fingerprint density at radius 2 is 1.81 bits per heavy atom. The number of nitro groups is 1. The first-order chi connectivity index (χ1) is 17.9. The van der Waals surface area contributed by atoms with Crippen molar-refractivity contribution in [3.8, 4) is 5.75 Å². The minimum atomic E-state index is -0.809. The maximum absolute atomic E-state index is 13.2. The zero-order valence-corrected chi connectivity index (χ0v) is 19.9. The van der Waals surface area contributed by atoms with Gasteiger partial charge in [0.15, 0.2) is 0 Å². The average Bonchev–Trinajstić information content (AvgIpc) is 3.44. The summed E-state index contributed by atoms with van der Waals surface area (Å²) in [4.78, 5) is 41.6. The minimum absolute atomic E-state index is 0.0503. The molecule has 4 aromatic rings. The third-order valence-corrected chi connectivity index (χ3v) is 6.60. The molecule has 0 radical (unpaired) electrons. The Labute approximate surface area is 211 Å². The molecule has 5 rings (SSSR count). The van der Waals surface area contributed by atoms with Crippen LogP contribution in [0.3, 0.4) is 0 Å². The number of nitrogens with one attached hydrogen (secondary N) is 1. The van der Waals surface area contributed by atoms with Gasteiger partial charge in [0.05, 0.1) is 23.6 Å². The van der Waals surface area contributed by atoms with Crippen molar-refractivity contribution in [1.82, 2.24) is 9.88 Å². The number of carbonyl (C=O) groups excluding carboxylic acids is 2. The van der Waals surface area contributed by atoms with E-state index in [9.17, 15) is 24.8 Å². The van der Waals surface area contributed by atoms with Crippen molar-refractivity contribution in [3.05, 3.63) is 111 Å². The van der Waals surface area contributed by atoms with Gasteiger partial charge in [-0.05, 0) is 47.9 Å². The number of ketones is 1. The highest BCUT2D eigenvalue weighted by Crippen LogP contribution is 2.39. The van der Waals surface area contributed by atoms with E-state index in [0.717, 1.165) is 16.5 Å². The van der Waals surface area contributed by atoms with Crippen LogP contribution in [-0.4, -0.2) is 45.3 Å². The fourth-order valence-electron chi connectivity index (χ4n) is 4.72. The van der Waals surface area contributed by atoms with Crippen LogP contribution < -0.4 is 4.74 Å². The summed E-state index contributed by atoms with van der Waals surface area (Å²) in [7, 11) is 1.59. The molecule has 1 amide bonds. The highest BCUT2D eigenvalue weighted by atomic mass is 16.6. The van der Waals surface area contributed by atoms with E-state index in [1.165, 1.54) is 29.2 Å². The van der Waals surface area contributed by atoms with Crippen LogP contribution in [0.4, 0.5) is 5.69 Å². The summed E-state index contributed by atoms with van der Waals surface area (Å²) in [6, 6.07) is 19.1. The second-order valence-corrected chi connectivity index (χ2v) is 8.68. The molecule has 0 unspecified atom stereocenters. The van der Waals surface area contributed by atoms with E-state index >= 15 is 0 Å². The van der Waals surface area contributed by atoms with Crippen molar-refractivity contribution in [2.24, 2.45) is 0 Å². The largest absolute Gasteiger partial charge is 0.507 e. The van der Waals surface area contributed by atoms with Crippen molar-refractivity contribution in [2.75, 3.05) is 13.7 Å². The standard InChI is InChI=1S/C28H23N3O6/c1-37-21-11-12-23-22(15-21)19(16-29-23)13-14-30-25(17-5-3-2-4-6-17)24(27(33)28(30)34)26(32)18-7-9-20(10-8-18)31(35)36/h2-12,15-16,25,29,32H,13-14H2,1H3/t25-/m0/s1. The first-order valence-electron chi connectivity index (χ1n) is 11.6. The monoisotopic (exact) mass is 497 g/mol. The Hall–Kier alpha value is -4.92. The average molecular weight is 498 g/mol. The quantitative estimate of drug-likeness (QED) is 0.125. The first kappa shape index (κ1) is 23.8. The number of rotatable bonds is 7. The van der Waals surface area contributed by atoms with Gasteiger partial charge in [0.1, 0.15) is 11.5 Å². The summed E-state index contributed by atoms with van der Waals surface area (Å²) in [5.74, 6) is -1.18. The molecule has 1 aliphatic rings. The van der Waals surface area contributed by atoms with Gasteiger partial charge in [-0.1, -0.05) is 30.3 Å². The zero-order valence-electron chi connectivity index (χ0n) is 19.9. The summed E-state index contributed by atoms with van der Waals surface area (Å²) in [5.41, 5.74) is 2.57. The number of ether oxygens (including phenoxy) is 1. The number of benzene rings is 3. The fraction of sp³-hybridized carbons (Fsp3) is 0.143. The van der Waals surface area contributed by atoms with Crippen molar-refractivity contribution < 1.29 is 24.4 Å². The topological polar surface area (TPSA) is 126 Å². The minimum Gasteiger partial charge on any atom is -0.507 e. The number of fused-ring (bicyclic) bond motifs is 1. The van der Waals surface area contributed by atoms with Crippen LogP contribution in [0, 0.1) is 10.1 Å². The summed E-state index contributed by atoms with van der Waals surface area (Å²) >= 11 is 0. The molecule has 0 saturated carbocycles. The lowest BCUT2D eigenvalue weighted by Crippen LogP contribution is -2.31. The molecule has 1 fully saturated rings. The number of aromatic nitrogens is 1. The summed E-state index contributed by atoms with van der Waals surface area (Å²) in [6.07, 6.45) is 2.33. The maximum atomic E-state index is 13.2. The van der Waals surface area contributed by atoms with E-state index in [4.69, 9.17) is 4.74 Å². The van der Waals surface area contributed by atoms with Crippen LogP contribution >= 0.6 is 0 Å². The molecule has 0 bridgehead atoms. The molecule has 37 heavy (non-hydrogen) atoms. The van der Waals surface area contributed by atoms with E-state index in [1.807, 2.05) is 30.5 Å². The van der Waals surface area contributed by atoms with E-state index in [-0.39, 0.29) is 29.1 Å². The molecule has 1 atom stereocenters. The van der Waals surface area contributed by atoms with Crippen LogP contribution in [-0.2, 0) is 16.0 Å². The van der Waals surface area contributed by atoms with E-state index in [2.05, 4.69) is 4.98 Å². The number of aliphatic hydroxyl groups is 1. The smallest absolute Gasteiger partial charge is 0.295 e. The van der Waals surface area contributed by atoms with Gasteiger partial charge < -0.3 is 19.7 Å². The normalized spacial score (nSPS) is 16.9. The van der Waals surface area contributed by atoms with Gasteiger partial charge in [-0.25, -0.2) is 0 Å². The molecule has 1 aromatic heterocycles. The highest BCUT2D eigenvalue weighted by molar-refractivity contribution is 6.46. The third kappa shape index (κ3) is 4.31.